The number of hydrogen-bond donors (Lipinski definition) is 2. The number of carbonyl (C=O) groups is 4. The number of piperidine rings is 2. The second kappa shape index (κ2) is 14.1. The van der Waals surface area contributed by atoms with Crippen molar-refractivity contribution in [2.45, 2.75) is 70.4 Å². The lowest BCUT2D eigenvalue weighted by atomic mass is 9.67. The van der Waals surface area contributed by atoms with E-state index in [2.05, 4.69) is 28.5 Å². The molecule has 0 unspecified atom stereocenters. The zero-order valence-electron chi connectivity index (χ0n) is 29.4. The summed E-state index contributed by atoms with van der Waals surface area (Å²) in [4.78, 5) is 63.5. The number of nitrogens with one attached hydrogen (secondary N) is 2. The molecule has 3 atom stereocenters. The average Bonchev–Trinajstić information content (AvgIpc) is 3.50. The molecular weight excluding hydrogens is 622 g/mol. The molecule has 2 saturated heterocycles. The van der Waals surface area contributed by atoms with Crippen LogP contribution in [-0.2, 0) is 44.1 Å². The minimum absolute atomic E-state index is 0.0110. The standard InChI is InChI=1S/C38H49N5O6/c1-38-29(37(47)42-16-7-6-8-17-42)21-26(22-33(44)39-23-25-10-13-31(48-4)32(20-25)49-5)36(46)43(38)18-15-28-27-12-9-24(11-14-34(45)41(2)3)19-30(27)40-35(28)38/h9-10,12-13,19-20,26,29,40H,6-8,11,14-18,21-23H2,1-5H3,(H,39,44)/t26-,29-,38+/m1/s1. The second-order valence-electron chi connectivity index (χ2n) is 14.1. The molecule has 49 heavy (non-hydrogen) atoms. The van der Waals surface area contributed by atoms with Crippen LogP contribution in [0, 0.1) is 11.8 Å². The van der Waals surface area contributed by atoms with Crippen molar-refractivity contribution in [1.29, 1.82) is 0 Å². The minimum atomic E-state index is -0.883. The van der Waals surface area contributed by atoms with E-state index >= 15 is 0 Å². The fourth-order valence-corrected chi connectivity index (χ4v) is 8.09. The zero-order chi connectivity index (χ0) is 34.9. The molecule has 3 aliphatic rings. The Balaban J connectivity index is 1.27. The highest BCUT2D eigenvalue weighted by atomic mass is 16.5. The van der Waals surface area contributed by atoms with Gasteiger partial charge in [0.25, 0.3) is 0 Å². The number of hydrogen-bond acceptors (Lipinski definition) is 6. The molecule has 1 aromatic heterocycles. The maximum absolute atomic E-state index is 14.5. The van der Waals surface area contributed by atoms with Gasteiger partial charge >= 0.3 is 0 Å². The molecule has 2 fully saturated rings. The third-order valence-electron chi connectivity index (χ3n) is 10.9. The molecule has 0 radical (unpaired) electrons. The van der Waals surface area contributed by atoms with Gasteiger partial charge in [0.2, 0.25) is 23.6 Å². The Bertz CT molecular complexity index is 1740. The van der Waals surface area contributed by atoms with E-state index in [-0.39, 0.29) is 36.6 Å². The molecule has 11 nitrogen and oxygen atoms in total. The number of methoxy groups -OCH3 is 2. The van der Waals surface area contributed by atoms with Gasteiger partial charge in [-0.15, -0.1) is 0 Å². The van der Waals surface area contributed by atoms with Crippen LogP contribution in [0.15, 0.2) is 36.4 Å². The number of nitrogens with zero attached hydrogens (tertiary/aromatic N) is 3. The summed E-state index contributed by atoms with van der Waals surface area (Å²) in [5.74, 6) is -0.104. The molecule has 6 rings (SSSR count). The molecule has 3 aliphatic heterocycles. The van der Waals surface area contributed by atoms with Crippen molar-refractivity contribution in [3.05, 3.63) is 58.8 Å². The number of amides is 4. The number of likely N-dealkylation sites (tertiary alicyclic amines) is 1. The first-order valence-corrected chi connectivity index (χ1v) is 17.5. The van der Waals surface area contributed by atoms with E-state index in [1.165, 1.54) is 0 Å². The van der Waals surface area contributed by atoms with Crippen LogP contribution in [0.5, 0.6) is 11.5 Å². The summed E-state index contributed by atoms with van der Waals surface area (Å²) in [6.45, 7) is 4.22. The van der Waals surface area contributed by atoms with E-state index in [0.717, 1.165) is 52.5 Å². The van der Waals surface area contributed by atoms with Crippen LogP contribution in [0.25, 0.3) is 10.9 Å². The Kier molecular flexibility index (Phi) is 9.90. The summed E-state index contributed by atoms with van der Waals surface area (Å²) in [6, 6.07) is 11.8. The summed E-state index contributed by atoms with van der Waals surface area (Å²) in [6.07, 6.45) is 5.06. The molecule has 0 saturated carbocycles. The predicted octanol–water partition coefficient (Wildman–Crippen LogP) is 4.16. The van der Waals surface area contributed by atoms with E-state index in [0.29, 0.717) is 56.8 Å². The molecule has 0 bridgehead atoms. The molecule has 262 valence electrons. The molecule has 4 heterocycles. The van der Waals surface area contributed by atoms with Crippen molar-refractivity contribution in [2.24, 2.45) is 11.8 Å². The first-order valence-electron chi connectivity index (χ1n) is 17.5. The fraction of sp³-hybridized carbons (Fsp3) is 0.526. The van der Waals surface area contributed by atoms with Crippen molar-refractivity contribution < 1.29 is 28.7 Å². The van der Waals surface area contributed by atoms with Gasteiger partial charge in [-0.05, 0) is 80.3 Å². The van der Waals surface area contributed by atoms with Gasteiger partial charge in [-0.3, -0.25) is 19.2 Å². The number of aryl methyl sites for hydroxylation is 1. The van der Waals surface area contributed by atoms with Crippen LogP contribution < -0.4 is 14.8 Å². The highest BCUT2D eigenvalue weighted by Crippen LogP contribution is 2.50. The number of aromatic nitrogens is 1. The number of ether oxygens (including phenoxy) is 2. The SMILES string of the molecule is COc1ccc(CNC(=O)C[C@H]2C[C@H](C(=O)N3CCCCC3)[C@@]3(C)c4[nH]c5cc(CCC(=O)N(C)C)ccc5c4CCN3C2=O)cc1OC. The normalized spacial score (nSPS) is 21.9. The largest absolute Gasteiger partial charge is 0.493 e. The van der Waals surface area contributed by atoms with Crippen molar-refractivity contribution in [2.75, 3.05) is 47.9 Å². The Morgan fingerprint density at radius 3 is 2.43 bits per heavy atom. The molecule has 3 aromatic rings. The number of carbonyl (C=O) groups excluding carboxylic acids is 4. The summed E-state index contributed by atoms with van der Waals surface area (Å²) >= 11 is 0. The second-order valence-corrected chi connectivity index (χ2v) is 14.1. The van der Waals surface area contributed by atoms with E-state index in [4.69, 9.17) is 9.47 Å². The maximum Gasteiger partial charge on any atom is 0.228 e. The Morgan fingerprint density at radius 1 is 0.980 bits per heavy atom. The number of fused-ring (bicyclic) bond motifs is 5. The average molecular weight is 672 g/mol. The van der Waals surface area contributed by atoms with Crippen LogP contribution in [0.1, 0.15) is 67.8 Å². The van der Waals surface area contributed by atoms with Crippen molar-refractivity contribution >= 4 is 34.5 Å². The first-order chi connectivity index (χ1) is 23.5. The maximum atomic E-state index is 14.5. The summed E-state index contributed by atoms with van der Waals surface area (Å²) < 4.78 is 10.7. The molecular formula is C38H49N5O6. The summed E-state index contributed by atoms with van der Waals surface area (Å²) in [7, 11) is 6.67. The summed E-state index contributed by atoms with van der Waals surface area (Å²) in [5.41, 5.74) is 4.03. The van der Waals surface area contributed by atoms with Crippen LogP contribution in [0.4, 0.5) is 0 Å². The van der Waals surface area contributed by atoms with Gasteiger partial charge in [-0.2, -0.15) is 0 Å². The van der Waals surface area contributed by atoms with Crippen molar-refractivity contribution in [3.63, 3.8) is 0 Å². The lowest BCUT2D eigenvalue weighted by molar-refractivity contribution is -0.164. The van der Waals surface area contributed by atoms with E-state index in [1.54, 1.807) is 39.3 Å². The van der Waals surface area contributed by atoms with Gasteiger partial charge in [-0.25, -0.2) is 0 Å². The van der Waals surface area contributed by atoms with Gasteiger partial charge in [-0.1, -0.05) is 18.2 Å². The first kappa shape index (κ1) is 34.3. The monoisotopic (exact) mass is 671 g/mol. The Hall–Kier alpha value is -4.54. The van der Waals surface area contributed by atoms with Gasteiger partial charge < -0.3 is 34.5 Å². The highest BCUT2D eigenvalue weighted by Gasteiger charge is 2.57. The molecule has 0 aliphatic carbocycles. The van der Waals surface area contributed by atoms with Gasteiger partial charge in [0, 0.05) is 75.6 Å². The van der Waals surface area contributed by atoms with Gasteiger partial charge in [0.15, 0.2) is 11.5 Å². The predicted molar refractivity (Wildman–Crippen MR) is 186 cm³/mol. The molecule has 2 N–H and O–H groups in total. The third-order valence-corrected chi connectivity index (χ3v) is 10.9. The van der Waals surface area contributed by atoms with Gasteiger partial charge in [0.05, 0.1) is 25.7 Å². The minimum Gasteiger partial charge on any atom is -0.493 e. The number of rotatable bonds is 10. The van der Waals surface area contributed by atoms with Gasteiger partial charge in [0.1, 0.15) is 0 Å². The number of aromatic amines is 1. The number of benzene rings is 2. The molecule has 4 amide bonds. The van der Waals surface area contributed by atoms with Crippen molar-refractivity contribution in [3.8, 4) is 11.5 Å². The molecule has 0 spiro atoms. The lowest BCUT2D eigenvalue weighted by Gasteiger charge is -2.54. The quantitative estimate of drug-likeness (QED) is 0.334. The fourth-order valence-electron chi connectivity index (χ4n) is 8.09. The van der Waals surface area contributed by atoms with Crippen molar-refractivity contribution in [1.82, 2.24) is 25.0 Å². The number of H-pyrrole nitrogens is 1. The third kappa shape index (κ3) is 6.59. The smallest absolute Gasteiger partial charge is 0.228 e. The lowest BCUT2D eigenvalue weighted by Crippen LogP contribution is -2.64. The molecule has 11 heteroatoms. The van der Waals surface area contributed by atoms with Crippen LogP contribution in [-0.4, -0.2) is 91.3 Å². The zero-order valence-corrected chi connectivity index (χ0v) is 29.4. The Morgan fingerprint density at radius 2 is 1.71 bits per heavy atom. The Labute approximate surface area is 288 Å². The highest BCUT2D eigenvalue weighted by molar-refractivity contribution is 5.93. The molecule has 2 aromatic carbocycles. The van der Waals surface area contributed by atoms with E-state index in [9.17, 15) is 19.2 Å². The van der Waals surface area contributed by atoms with Crippen LogP contribution >= 0.6 is 0 Å². The van der Waals surface area contributed by atoms with E-state index < -0.39 is 17.4 Å². The summed E-state index contributed by atoms with van der Waals surface area (Å²) in [5, 5.41) is 4.06. The van der Waals surface area contributed by atoms with E-state index in [1.807, 2.05) is 28.9 Å². The van der Waals surface area contributed by atoms with Crippen LogP contribution in [0.2, 0.25) is 0 Å². The topological polar surface area (TPSA) is 124 Å². The van der Waals surface area contributed by atoms with Crippen LogP contribution in [0.3, 0.4) is 0 Å².